The highest BCUT2D eigenvalue weighted by Gasteiger charge is 2.09. The van der Waals surface area contributed by atoms with Gasteiger partial charge in [0.15, 0.2) is 0 Å². The van der Waals surface area contributed by atoms with E-state index in [1.54, 1.807) is 14.2 Å². The fourth-order valence-electron chi connectivity index (χ4n) is 1.42. The van der Waals surface area contributed by atoms with E-state index in [2.05, 4.69) is 15.9 Å². The second-order valence-corrected chi connectivity index (χ2v) is 3.93. The van der Waals surface area contributed by atoms with E-state index in [1.807, 2.05) is 12.1 Å². The topological polar surface area (TPSA) is 35.5 Å². The number of hydrogen-bond donors (Lipinski definition) is 0. The van der Waals surface area contributed by atoms with Crippen molar-refractivity contribution in [2.75, 3.05) is 14.2 Å². The molecule has 0 aliphatic carbocycles. The Morgan fingerprint density at radius 3 is 2.67 bits per heavy atom. The SMILES string of the molecule is COCc1cc(CC=O)cc(Br)c1OC. The van der Waals surface area contributed by atoms with Gasteiger partial charge >= 0.3 is 0 Å². The molecule has 82 valence electrons. The maximum atomic E-state index is 10.4. The van der Waals surface area contributed by atoms with Gasteiger partial charge in [-0.1, -0.05) is 0 Å². The van der Waals surface area contributed by atoms with Crippen LogP contribution in [-0.2, 0) is 22.6 Å². The Morgan fingerprint density at radius 2 is 2.13 bits per heavy atom. The van der Waals surface area contributed by atoms with Gasteiger partial charge in [0, 0.05) is 19.1 Å². The highest BCUT2D eigenvalue weighted by molar-refractivity contribution is 9.10. The van der Waals surface area contributed by atoms with Crippen molar-refractivity contribution in [1.82, 2.24) is 0 Å². The second kappa shape index (κ2) is 5.88. The van der Waals surface area contributed by atoms with E-state index in [-0.39, 0.29) is 0 Å². The third kappa shape index (κ3) is 3.04. The molecule has 15 heavy (non-hydrogen) atoms. The van der Waals surface area contributed by atoms with Gasteiger partial charge in [-0.15, -0.1) is 0 Å². The van der Waals surface area contributed by atoms with Crippen LogP contribution < -0.4 is 4.74 Å². The standard InChI is InChI=1S/C11H13BrO3/c1-14-7-9-5-8(3-4-13)6-10(12)11(9)15-2/h4-6H,3,7H2,1-2H3. The van der Waals surface area contributed by atoms with Gasteiger partial charge in [-0.3, -0.25) is 0 Å². The van der Waals surface area contributed by atoms with Crippen molar-refractivity contribution in [2.45, 2.75) is 13.0 Å². The van der Waals surface area contributed by atoms with E-state index in [0.717, 1.165) is 27.6 Å². The molecular formula is C11H13BrO3. The highest BCUT2D eigenvalue weighted by atomic mass is 79.9. The van der Waals surface area contributed by atoms with E-state index >= 15 is 0 Å². The summed E-state index contributed by atoms with van der Waals surface area (Å²) in [5, 5.41) is 0. The van der Waals surface area contributed by atoms with Crippen LogP contribution in [0.2, 0.25) is 0 Å². The van der Waals surface area contributed by atoms with Crippen molar-refractivity contribution < 1.29 is 14.3 Å². The van der Waals surface area contributed by atoms with Gasteiger partial charge < -0.3 is 14.3 Å². The quantitative estimate of drug-likeness (QED) is 0.772. The summed E-state index contributed by atoms with van der Waals surface area (Å²) in [6.07, 6.45) is 1.28. The maximum Gasteiger partial charge on any atom is 0.138 e. The van der Waals surface area contributed by atoms with Gasteiger partial charge in [-0.05, 0) is 33.6 Å². The van der Waals surface area contributed by atoms with Gasteiger partial charge in [0.1, 0.15) is 12.0 Å². The van der Waals surface area contributed by atoms with Crippen LogP contribution in [0.4, 0.5) is 0 Å². The summed E-state index contributed by atoms with van der Waals surface area (Å²) in [6, 6.07) is 3.80. The zero-order valence-corrected chi connectivity index (χ0v) is 10.3. The highest BCUT2D eigenvalue weighted by Crippen LogP contribution is 2.31. The Balaban J connectivity index is 3.12. The molecule has 1 aromatic carbocycles. The van der Waals surface area contributed by atoms with Gasteiger partial charge in [-0.25, -0.2) is 0 Å². The summed E-state index contributed by atoms with van der Waals surface area (Å²) < 4.78 is 11.2. The molecule has 0 aliphatic heterocycles. The Hall–Kier alpha value is -0.870. The number of halogens is 1. The lowest BCUT2D eigenvalue weighted by atomic mass is 10.1. The Labute approximate surface area is 97.5 Å². The molecule has 0 saturated carbocycles. The predicted octanol–water partition coefficient (Wildman–Crippen LogP) is 2.35. The molecule has 0 heterocycles. The predicted molar refractivity (Wildman–Crippen MR) is 61.2 cm³/mol. The summed E-state index contributed by atoms with van der Waals surface area (Å²) in [7, 11) is 3.23. The van der Waals surface area contributed by atoms with Crippen LogP contribution >= 0.6 is 15.9 Å². The summed E-state index contributed by atoms with van der Waals surface area (Å²) in [6.45, 7) is 0.467. The summed E-state index contributed by atoms with van der Waals surface area (Å²) in [5.74, 6) is 0.756. The molecule has 0 aromatic heterocycles. The Kier molecular flexibility index (Phi) is 4.78. The maximum absolute atomic E-state index is 10.4. The summed E-state index contributed by atoms with van der Waals surface area (Å²) in [4.78, 5) is 10.4. The zero-order valence-electron chi connectivity index (χ0n) is 8.75. The van der Waals surface area contributed by atoms with Crippen LogP contribution in [0.1, 0.15) is 11.1 Å². The first-order chi connectivity index (χ1) is 7.22. The molecule has 1 aromatic rings. The minimum atomic E-state index is 0.402. The summed E-state index contributed by atoms with van der Waals surface area (Å²) in [5.41, 5.74) is 1.89. The molecule has 0 fully saturated rings. The lowest BCUT2D eigenvalue weighted by Gasteiger charge is -2.11. The van der Waals surface area contributed by atoms with Crippen LogP contribution in [0.15, 0.2) is 16.6 Å². The van der Waals surface area contributed by atoms with Crippen LogP contribution in [0, 0.1) is 0 Å². The number of rotatable bonds is 5. The number of carbonyl (C=O) groups is 1. The first-order valence-corrected chi connectivity index (χ1v) is 5.30. The van der Waals surface area contributed by atoms with Crippen molar-refractivity contribution in [3.8, 4) is 5.75 Å². The largest absolute Gasteiger partial charge is 0.495 e. The van der Waals surface area contributed by atoms with Crippen LogP contribution in [0.5, 0.6) is 5.75 Å². The molecule has 0 atom stereocenters. The van der Waals surface area contributed by atoms with Crippen molar-refractivity contribution in [1.29, 1.82) is 0 Å². The van der Waals surface area contributed by atoms with Crippen LogP contribution in [0.25, 0.3) is 0 Å². The average molecular weight is 273 g/mol. The number of ether oxygens (including phenoxy) is 2. The smallest absolute Gasteiger partial charge is 0.138 e. The normalized spacial score (nSPS) is 10.1. The van der Waals surface area contributed by atoms with E-state index in [1.165, 1.54) is 0 Å². The van der Waals surface area contributed by atoms with E-state index in [4.69, 9.17) is 9.47 Å². The van der Waals surface area contributed by atoms with E-state index in [0.29, 0.717) is 13.0 Å². The first kappa shape index (κ1) is 12.2. The van der Waals surface area contributed by atoms with Crippen molar-refractivity contribution in [2.24, 2.45) is 0 Å². The molecule has 0 amide bonds. The first-order valence-electron chi connectivity index (χ1n) is 4.50. The Morgan fingerprint density at radius 1 is 1.40 bits per heavy atom. The molecule has 0 unspecified atom stereocenters. The van der Waals surface area contributed by atoms with Gasteiger partial charge in [0.2, 0.25) is 0 Å². The fourth-order valence-corrected chi connectivity index (χ4v) is 2.13. The summed E-state index contributed by atoms with van der Waals surface area (Å²) >= 11 is 3.40. The second-order valence-electron chi connectivity index (χ2n) is 3.07. The van der Waals surface area contributed by atoms with E-state index in [9.17, 15) is 4.79 Å². The number of carbonyl (C=O) groups excluding carboxylic acids is 1. The monoisotopic (exact) mass is 272 g/mol. The molecule has 0 radical (unpaired) electrons. The van der Waals surface area contributed by atoms with Crippen LogP contribution in [-0.4, -0.2) is 20.5 Å². The number of benzene rings is 1. The molecule has 0 aliphatic rings. The minimum absolute atomic E-state index is 0.402. The number of aldehydes is 1. The molecule has 3 nitrogen and oxygen atoms in total. The van der Waals surface area contributed by atoms with Crippen molar-refractivity contribution >= 4 is 22.2 Å². The molecule has 0 spiro atoms. The van der Waals surface area contributed by atoms with Crippen molar-refractivity contribution in [3.63, 3.8) is 0 Å². The molecule has 1 rings (SSSR count). The lowest BCUT2D eigenvalue weighted by molar-refractivity contribution is -0.107. The fraction of sp³-hybridized carbons (Fsp3) is 0.364. The molecule has 4 heteroatoms. The Bertz CT molecular complexity index is 350. The van der Waals surface area contributed by atoms with Crippen LogP contribution in [0.3, 0.4) is 0 Å². The zero-order chi connectivity index (χ0) is 11.3. The third-order valence-electron chi connectivity index (χ3n) is 2.00. The van der Waals surface area contributed by atoms with Gasteiger partial charge in [0.25, 0.3) is 0 Å². The minimum Gasteiger partial charge on any atom is -0.495 e. The molecule has 0 saturated heterocycles. The average Bonchev–Trinajstić information content (AvgIpc) is 2.18. The molecule has 0 N–H and O–H groups in total. The third-order valence-corrected chi connectivity index (χ3v) is 2.59. The lowest BCUT2D eigenvalue weighted by Crippen LogP contribution is -1.98. The number of methoxy groups -OCH3 is 2. The van der Waals surface area contributed by atoms with E-state index < -0.39 is 0 Å². The molecular weight excluding hydrogens is 260 g/mol. The van der Waals surface area contributed by atoms with Crippen molar-refractivity contribution in [3.05, 3.63) is 27.7 Å². The number of hydrogen-bond acceptors (Lipinski definition) is 3. The van der Waals surface area contributed by atoms with Gasteiger partial charge in [-0.2, -0.15) is 0 Å². The van der Waals surface area contributed by atoms with Gasteiger partial charge in [0.05, 0.1) is 18.2 Å². The molecule has 0 bridgehead atoms.